The fourth-order valence-corrected chi connectivity index (χ4v) is 3.17. The Morgan fingerprint density at radius 2 is 2.00 bits per heavy atom. The van der Waals surface area contributed by atoms with E-state index in [1.54, 1.807) is 6.20 Å². The number of cyclic esters (lactones) is 1. The highest BCUT2D eigenvalue weighted by atomic mass is 16.6. The number of ether oxygens (including phenoxy) is 1. The molecule has 4 nitrogen and oxygen atoms in total. The second-order valence-electron chi connectivity index (χ2n) is 5.20. The van der Waals surface area contributed by atoms with E-state index in [-0.39, 0.29) is 18.2 Å². The zero-order valence-electron chi connectivity index (χ0n) is 10.9. The Morgan fingerprint density at radius 1 is 1.15 bits per heavy atom. The highest BCUT2D eigenvalue weighted by molar-refractivity contribution is 5.72. The van der Waals surface area contributed by atoms with Gasteiger partial charge in [0.2, 0.25) is 0 Å². The third-order valence-electron chi connectivity index (χ3n) is 4.05. The second-order valence-corrected chi connectivity index (χ2v) is 5.20. The smallest absolute Gasteiger partial charge is 0.411 e. The fraction of sp³-hybridized carbons (Fsp3) is 0.250. The molecule has 3 heterocycles. The quantitative estimate of drug-likeness (QED) is 0.796. The Morgan fingerprint density at radius 3 is 2.85 bits per heavy atom. The summed E-state index contributed by atoms with van der Waals surface area (Å²) in [5.41, 5.74) is 3.33. The van der Waals surface area contributed by atoms with E-state index in [9.17, 15) is 4.79 Å². The molecule has 2 aliphatic rings. The molecule has 1 saturated heterocycles. The lowest BCUT2D eigenvalue weighted by Gasteiger charge is -2.36. The molecule has 1 amide bonds. The van der Waals surface area contributed by atoms with Crippen molar-refractivity contribution in [1.29, 1.82) is 0 Å². The molecule has 2 aliphatic heterocycles. The molecule has 1 aromatic carbocycles. The van der Waals surface area contributed by atoms with Crippen LogP contribution in [0.4, 0.5) is 4.79 Å². The molecule has 0 radical (unpaired) electrons. The molecule has 0 bridgehead atoms. The van der Waals surface area contributed by atoms with Gasteiger partial charge >= 0.3 is 6.09 Å². The average molecular weight is 266 g/mol. The summed E-state index contributed by atoms with van der Waals surface area (Å²) < 4.78 is 5.24. The third-order valence-corrected chi connectivity index (χ3v) is 4.05. The van der Waals surface area contributed by atoms with Crippen molar-refractivity contribution in [1.82, 2.24) is 9.88 Å². The zero-order valence-corrected chi connectivity index (χ0v) is 10.9. The number of fused-ring (bicyclic) bond motifs is 2. The number of aromatic nitrogens is 1. The van der Waals surface area contributed by atoms with Crippen molar-refractivity contribution < 1.29 is 9.53 Å². The van der Waals surface area contributed by atoms with Gasteiger partial charge in [-0.15, -0.1) is 0 Å². The van der Waals surface area contributed by atoms with Crippen LogP contribution in [0, 0.1) is 0 Å². The van der Waals surface area contributed by atoms with Gasteiger partial charge in [-0.3, -0.25) is 9.88 Å². The number of rotatable bonds is 1. The number of benzene rings is 1. The van der Waals surface area contributed by atoms with E-state index in [1.807, 2.05) is 35.2 Å². The van der Waals surface area contributed by atoms with Gasteiger partial charge in [0.25, 0.3) is 0 Å². The van der Waals surface area contributed by atoms with Gasteiger partial charge in [0.15, 0.2) is 0 Å². The summed E-state index contributed by atoms with van der Waals surface area (Å²) in [5, 5.41) is 0. The number of pyridine rings is 1. The van der Waals surface area contributed by atoms with Crippen LogP contribution < -0.4 is 0 Å². The van der Waals surface area contributed by atoms with E-state index in [1.165, 1.54) is 5.56 Å². The maximum Gasteiger partial charge on any atom is 0.411 e. The number of carbonyl (C=O) groups excluding carboxylic acids is 1. The lowest BCUT2D eigenvalue weighted by molar-refractivity contribution is 0.147. The molecule has 2 aromatic rings. The molecule has 100 valence electrons. The Hall–Kier alpha value is -2.36. The predicted octanol–water partition coefficient (Wildman–Crippen LogP) is 2.55. The van der Waals surface area contributed by atoms with Crippen LogP contribution in [0.25, 0.3) is 0 Å². The second kappa shape index (κ2) is 4.34. The molecule has 0 N–H and O–H groups in total. The van der Waals surface area contributed by atoms with Crippen LogP contribution >= 0.6 is 0 Å². The molecule has 2 atom stereocenters. The van der Waals surface area contributed by atoms with Crippen molar-refractivity contribution in [2.24, 2.45) is 0 Å². The standard InChI is InChI=1S/C16H14N2O2/c19-16-18-12(10-20-16)9-11-5-1-2-6-13(11)15(18)14-7-3-4-8-17-14/h1-8,12,15H,9-10H2. The number of nitrogens with zero attached hydrogens (tertiary/aromatic N) is 2. The zero-order chi connectivity index (χ0) is 13.5. The first-order chi connectivity index (χ1) is 9.84. The van der Waals surface area contributed by atoms with Crippen LogP contribution in [0.1, 0.15) is 22.9 Å². The first kappa shape index (κ1) is 11.5. The number of hydrogen-bond donors (Lipinski definition) is 0. The van der Waals surface area contributed by atoms with Crippen LogP contribution in [-0.4, -0.2) is 28.6 Å². The van der Waals surface area contributed by atoms with Gasteiger partial charge < -0.3 is 4.74 Å². The highest BCUT2D eigenvalue weighted by Crippen LogP contribution is 2.39. The van der Waals surface area contributed by atoms with E-state index < -0.39 is 0 Å². The van der Waals surface area contributed by atoms with E-state index in [2.05, 4.69) is 17.1 Å². The molecular formula is C16H14N2O2. The van der Waals surface area contributed by atoms with Crippen molar-refractivity contribution in [3.63, 3.8) is 0 Å². The normalized spacial score (nSPS) is 24.0. The molecule has 1 aromatic heterocycles. The molecule has 2 unspecified atom stereocenters. The summed E-state index contributed by atoms with van der Waals surface area (Å²) in [6, 6.07) is 14.1. The average Bonchev–Trinajstić information content (AvgIpc) is 2.87. The largest absolute Gasteiger partial charge is 0.447 e. The predicted molar refractivity (Wildman–Crippen MR) is 73.2 cm³/mol. The number of carbonyl (C=O) groups is 1. The minimum Gasteiger partial charge on any atom is -0.447 e. The van der Waals surface area contributed by atoms with Crippen LogP contribution in [0.15, 0.2) is 48.7 Å². The lowest BCUT2D eigenvalue weighted by Crippen LogP contribution is -2.43. The molecule has 20 heavy (non-hydrogen) atoms. The molecular weight excluding hydrogens is 252 g/mol. The van der Waals surface area contributed by atoms with Crippen LogP contribution in [0.3, 0.4) is 0 Å². The minimum absolute atomic E-state index is 0.115. The maximum atomic E-state index is 12.1. The third kappa shape index (κ3) is 1.61. The molecule has 4 heteroatoms. The molecule has 0 spiro atoms. The van der Waals surface area contributed by atoms with Gasteiger partial charge in [0.05, 0.1) is 11.7 Å². The van der Waals surface area contributed by atoms with Gasteiger partial charge in [0, 0.05) is 6.20 Å². The summed E-state index contributed by atoms with van der Waals surface area (Å²) in [7, 11) is 0. The van der Waals surface area contributed by atoms with Crippen LogP contribution in [0.5, 0.6) is 0 Å². The highest BCUT2D eigenvalue weighted by Gasteiger charge is 2.44. The molecule has 1 fully saturated rings. The van der Waals surface area contributed by atoms with Gasteiger partial charge in [-0.25, -0.2) is 4.79 Å². The lowest BCUT2D eigenvalue weighted by atomic mass is 9.87. The molecule has 4 rings (SSSR count). The summed E-state index contributed by atoms with van der Waals surface area (Å²) in [4.78, 5) is 18.4. The Labute approximate surface area is 117 Å². The number of amides is 1. The van der Waals surface area contributed by atoms with Crippen molar-refractivity contribution in [2.45, 2.75) is 18.5 Å². The summed E-state index contributed by atoms with van der Waals surface area (Å²) in [6.07, 6.45) is 2.38. The van der Waals surface area contributed by atoms with Crippen molar-refractivity contribution in [3.05, 3.63) is 65.5 Å². The van der Waals surface area contributed by atoms with Crippen molar-refractivity contribution >= 4 is 6.09 Å². The van der Waals surface area contributed by atoms with Crippen LogP contribution in [-0.2, 0) is 11.2 Å². The van der Waals surface area contributed by atoms with Gasteiger partial charge in [0.1, 0.15) is 12.6 Å². The first-order valence-corrected chi connectivity index (χ1v) is 6.78. The Balaban J connectivity index is 1.90. The molecule has 0 saturated carbocycles. The SMILES string of the molecule is O=C1OCC2Cc3ccccc3C(c3ccccn3)N12. The van der Waals surface area contributed by atoms with E-state index in [0.29, 0.717) is 6.61 Å². The Bertz CT molecular complexity index is 657. The van der Waals surface area contributed by atoms with Gasteiger partial charge in [-0.2, -0.15) is 0 Å². The van der Waals surface area contributed by atoms with Crippen LogP contribution in [0.2, 0.25) is 0 Å². The number of hydrogen-bond acceptors (Lipinski definition) is 3. The fourth-order valence-electron chi connectivity index (χ4n) is 3.17. The summed E-state index contributed by atoms with van der Waals surface area (Å²) in [5.74, 6) is 0. The van der Waals surface area contributed by atoms with E-state index in [0.717, 1.165) is 17.7 Å². The first-order valence-electron chi connectivity index (χ1n) is 6.78. The van der Waals surface area contributed by atoms with Crippen molar-refractivity contribution in [3.8, 4) is 0 Å². The topological polar surface area (TPSA) is 42.4 Å². The maximum absolute atomic E-state index is 12.1. The molecule has 0 aliphatic carbocycles. The summed E-state index contributed by atoms with van der Waals surface area (Å²) >= 11 is 0. The Kier molecular flexibility index (Phi) is 2.49. The van der Waals surface area contributed by atoms with Gasteiger partial charge in [-0.05, 0) is 29.7 Å². The monoisotopic (exact) mass is 266 g/mol. The summed E-state index contributed by atoms with van der Waals surface area (Å²) in [6.45, 7) is 0.469. The van der Waals surface area contributed by atoms with E-state index >= 15 is 0 Å². The van der Waals surface area contributed by atoms with Gasteiger partial charge in [-0.1, -0.05) is 30.3 Å². The van der Waals surface area contributed by atoms with Crippen molar-refractivity contribution in [2.75, 3.05) is 6.61 Å². The minimum atomic E-state index is -0.236. The van der Waals surface area contributed by atoms with E-state index in [4.69, 9.17) is 4.74 Å².